The highest BCUT2D eigenvalue weighted by molar-refractivity contribution is 6.44. The second kappa shape index (κ2) is 7.16. The molecule has 4 N–H and O–H groups in total. The van der Waals surface area contributed by atoms with Crippen LogP contribution in [0.5, 0.6) is 0 Å². The van der Waals surface area contributed by atoms with E-state index in [-0.39, 0.29) is 28.4 Å². The molecule has 1 aromatic carbocycles. The van der Waals surface area contributed by atoms with Crippen LogP contribution in [0.3, 0.4) is 0 Å². The van der Waals surface area contributed by atoms with Crippen LogP contribution in [0.15, 0.2) is 53.8 Å². The van der Waals surface area contributed by atoms with E-state index in [9.17, 15) is 13.6 Å². The topological polar surface area (TPSA) is 90.7 Å². The van der Waals surface area contributed by atoms with Crippen LogP contribution in [0, 0.1) is 11.6 Å². The number of hydrogen-bond donors (Lipinski definition) is 2. The Morgan fingerprint density at radius 2 is 1.95 bits per heavy atom. The minimum atomic E-state index is -1.06. The van der Waals surface area contributed by atoms with Gasteiger partial charge in [0.05, 0.1) is 12.8 Å². The third kappa shape index (κ3) is 3.78. The van der Waals surface area contributed by atoms with Crippen LogP contribution >= 0.6 is 0 Å². The van der Waals surface area contributed by atoms with E-state index in [1.807, 2.05) is 0 Å². The third-order valence-electron chi connectivity index (χ3n) is 2.65. The highest BCUT2D eigenvalue weighted by Crippen LogP contribution is 2.19. The van der Waals surface area contributed by atoms with Crippen LogP contribution in [-0.2, 0) is 9.53 Å². The molecule has 0 radical (unpaired) electrons. The largest absolute Gasteiger partial charge is 0.464 e. The summed E-state index contributed by atoms with van der Waals surface area (Å²) in [6.07, 6.45) is 1.23. The van der Waals surface area contributed by atoms with E-state index in [1.54, 1.807) is 0 Å². The lowest BCUT2D eigenvalue weighted by Gasteiger charge is -2.09. The number of carbonyl (C=O) groups is 1. The molecule has 0 aliphatic heterocycles. The zero-order valence-corrected chi connectivity index (χ0v) is 11.9. The van der Waals surface area contributed by atoms with Crippen molar-refractivity contribution >= 4 is 17.4 Å². The van der Waals surface area contributed by atoms with E-state index < -0.39 is 17.6 Å². The number of methoxy groups -OCH3 is 1. The number of nitrogens with two attached hydrogens (primary N) is 2. The van der Waals surface area contributed by atoms with Gasteiger partial charge in [-0.3, -0.25) is 0 Å². The molecule has 0 amide bonds. The monoisotopic (exact) mass is 307 g/mol. The molecule has 0 atom stereocenters. The molecule has 0 bridgehead atoms. The number of ether oxygens (including phenoxy) is 1. The summed E-state index contributed by atoms with van der Waals surface area (Å²) < 4.78 is 30.7. The van der Waals surface area contributed by atoms with E-state index in [4.69, 9.17) is 11.5 Å². The van der Waals surface area contributed by atoms with E-state index >= 15 is 0 Å². The van der Waals surface area contributed by atoms with Crippen molar-refractivity contribution in [2.45, 2.75) is 0 Å². The molecule has 7 heteroatoms. The van der Waals surface area contributed by atoms with Crippen molar-refractivity contribution in [3.63, 3.8) is 0 Å². The molecule has 0 aliphatic rings. The van der Waals surface area contributed by atoms with Crippen molar-refractivity contribution in [1.29, 1.82) is 0 Å². The summed E-state index contributed by atoms with van der Waals surface area (Å²) in [5.41, 5.74) is 10.9. The lowest BCUT2D eigenvalue weighted by Crippen LogP contribution is -2.23. The number of nitrogens with zero attached hydrogens (tertiary/aromatic N) is 1. The Morgan fingerprint density at radius 3 is 2.41 bits per heavy atom. The van der Waals surface area contributed by atoms with Gasteiger partial charge in [-0.05, 0) is 18.2 Å². The number of carbonyl (C=O) groups excluding carboxylic acids is 1. The number of halogens is 2. The SMILES string of the molecule is C=CC(=C(N)N)/C(=N\C(=C)c1ccc(F)c(F)c1)C(=O)OC. The summed E-state index contributed by atoms with van der Waals surface area (Å²) in [5.74, 6) is -3.10. The quantitative estimate of drug-likeness (QED) is 0.493. The van der Waals surface area contributed by atoms with Gasteiger partial charge >= 0.3 is 5.97 Å². The fraction of sp³-hybridized carbons (Fsp3) is 0.0667. The molecule has 0 heterocycles. The van der Waals surface area contributed by atoms with Gasteiger partial charge in [0.2, 0.25) is 0 Å². The van der Waals surface area contributed by atoms with Crippen molar-refractivity contribution < 1.29 is 18.3 Å². The molecule has 0 fully saturated rings. The number of allylic oxidation sites excluding steroid dienone is 1. The first-order valence-corrected chi connectivity index (χ1v) is 6.01. The summed E-state index contributed by atoms with van der Waals surface area (Å²) in [4.78, 5) is 15.7. The normalized spacial score (nSPS) is 10.8. The Bertz CT molecular complexity index is 690. The lowest BCUT2D eigenvalue weighted by molar-refractivity contribution is -0.132. The Balaban J connectivity index is 3.35. The van der Waals surface area contributed by atoms with Crippen molar-refractivity contribution in [2.75, 3.05) is 7.11 Å². The molecule has 5 nitrogen and oxygen atoms in total. The maximum absolute atomic E-state index is 13.2. The first-order valence-electron chi connectivity index (χ1n) is 6.01. The fourth-order valence-electron chi connectivity index (χ4n) is 1.54. The van der Waals surface area contributed by atoms with Crippen LogP contribution in [0.1, 0.15) is 5.56 Å². The van der Waals surface area contributed by atoms with Gasteiger partial charge < -0.3 is 16.2 Å². The molecule has 0 aromatic heterocycles. The molecular weight excluding hydrogens is 292 g/mol. The van der Waals surface area contributed by atoms with Gasteiger partial charge in [0.25, 0.3) is 0 Å². The van der Waals surface area contributed by atoms with E-state index in [2.05, 4.69) is 22.9 Å². The maximum Gasteiger partial charge on any atom is 0.357 e. The fourth-order valence-corrected chi connectivity index (χ4v) is 1.54. The zero-order chi connectivity index (χ0) is 16.9. The molecule has 0 spiro atoms. The summed E-state index contributed by atoms with van der Waals surface area (Å²) in [6.45, 7) is 7.09. The number of aliphatic imine (C=N–C) groups is 1. The summed E-state index contributed by atoms with van der Waals surface area (Å²) >= 11 is 0. The van der Waals surface area contributed by atoms with Gasteiger partial charge in [-0.2, -0.15) is 0 Å². The van der Waals surface area contributed by atoms with Crippen molar-refractivity contribution in [3.8, 4) is 0 Å². The average molecular weight is 307 g/mol. The van der Waals surface area contributed by atoms with Gasteiger partial charge in [-0.1, -0.05) is 19.2 Å². The number of esters is 1. The molecular formula is C15H15F2N3O2. The number of benzene rings is 1. The van der Waals surface area contributed by atoms with Gasteiger partial charge in [-0.15, -0.1) is 0 Å². The third-order valence-corrected chi connectivity index (χ3v) is 2.65. The molecule has 1 rings (SSSR count). The first kappa shape index (κ1) is 17.1. The van der Waals surface area contributed by atoms with Crippen molar-refractivity contribution in [1.82, 2.24) is 0 Å². The van der Waals surface area contributed by atoms with Crippen molar-refractivity contribution in [3.05, 3.63) is 66.0 Å². The standard InChI is InChI=1S/C15H15F2N3O2/c1-4-10(14(18)19)13(15(21)22-3)20-8(2)9-5-6-11(16)12(17)7-9/h4-7H,1-2,18-19H2,3H3/b20-13+. The maximum atomic E-state index is 13.2. The molecule has 0 saturated carbocycles. The zero-order valence-electron chi connectivity index (χ0n) is 11.9. The van der Waals surface area contributed by atoms with Gasteiger partial charge in [0.1, 0.15) is 5.82 Å². The number of rotatable bonds is 5. The average Bonchev–Trinajstić information content (AvgIpc) is 2.48. The molecule has 0 aliphatic carbocycles. The molecule has 22 heavy (non-hydrogen) atoms. The predicted molar refractivity (Wildman–Crippen MR) is 80.4 cm³/mol. The minimum absolute atomic E-state index is 0.0000926. The highest BCUT2D eigenvalue weighted by atomic mass is 19.2. The van der Waals surface area contributed by atoms with Gasteiger partial charge in [0.15, 0.2) is 17.3 Å². The minimum Gasteiger partial charge on any atom is -0.464 e. The highest BCUT2D eigenvalue weighted by Gasteiger charge is 2.18. The van der Waals surface area contributed by atoms with E-state index in [0.717, 1.165) is 19.2 Å². The molecule has 0 unspecified atom stereocenters. The number of hydrogen-bond acceptors (Lipinski definition) is 5. The van der Waals surface area contributed by atoms with Gasteiger partial charge in [0, 0.05) is 11.1 Å². The molecule has 0 saturated heterocycles. The predicted octanol–water partition coefficient (Wildman–Crippen LogP) is 1.86. The van der Waals surface area contributed by atoms with Crippen molar-refractivity contribution in [2.24, 2.45) is 16.5 Å². The Morgan fingerprint density at radius 1 is 1.32 bits per heavy atom. The Hall–Kier alpha value is -2.96. The second-order valence-electron chi connectivity index (χ2n) is 4.10. The van der Waals surface area contributed by atoms with E-state index in [1.165, 1.54) is 12.1 Å². The van der Waals surface area contributed by atoms with Crippen LogP contribution in [0.4, 0.5) is 8.78 Å². The summed E-state index contributed by atoms with van der Waals surface area (Å²) in [5, 5.41) is 0. The lowest BCUT2D eigenvalue weighted by atomic mass is 10.1. The van der Waals surface area contributed by atoms with Gasteiger partial charge in [-0.25, -0.2) is 18.6 Å². The summed E-state index contributed by atoms with van der Waals surface area (Å²) in [7, 11) is 1.14. The Labute approximate surface area is 126 Å². The van der Waals surface area contributed by atoms with Crippen LogP contribution < -0.4 is 11.5 Å². The summed E-state index contributed by atoms with van der Waals surface area (Å²) in [6, 6.07) is 3.09. The second-order valence-corrected chi connectivity index (χ2v) is 4.10. The first-order chi connectivity index (χ1) is 10.3. The van der Waals surface area contributed by atoms with E-state index in [0.29, 0.717) is 0 Å². The Kier molecular flexibility index (Phi) is 5.57. The molecule has 1 aromatic rings. The molecule has 116 valence electrons. The van der Waals surface area contributed by atoms with Crippen LogP contribution in [0.2, 0.25) is 0 Å². The smallest absolute Gasteiger partial charge is 0.357 e. The van der Waals surface area contributed by atoms with Crippen LogP contribution in [-0.4, -0.2) is 18.8 Å². The van der Waals surface area contributed by atoms with Crippen LogP contribution in [0.25, 0.3) is 5.70 Å².